The molecular weight excluding hydrogens is 1420 g/mol. The normalized spacial score (nSPS) is 11.9. The molecule has 0 aromatic rings. The third-order valence-corrected chi connectivity index (χ3v) is 14.0. The molecule has 0 radical (unpaired) electrons. The SMILES string of the molecule is NCCCC[C@H](NC(=O)CCCCCCCCCCCNC(=O)CCCCCNC(=O)[C@@H](N)CCCN=C(N)N)C(=O)NCCCCCC(=O)NCCCCCCCCCCCC(=O)N[C@@H](CCCN=C(N)N)C(=O)O.O=C(O)C(F)(F)F.O=C(O)C(F)(F)F.O=C(O)C(F)(F)F.O=C(O)C(F)(F)F. The molecular formula is C62H110F12N14O16. The van der Waals surface area contributed by atoms with E-state index in [2.05, 4.69) is 41.9 Å². The predicted molar refractivity (Wildman–Crippen MR) is 358 cm³/mol. The molecule has 3 atom stereocenters. The second kappa shape index (κ2) is 64.4. The van der Waals surface area contributed by atoms with E-state index in [4.69, 9.17) is 74.0 Å². The van der Waals surface area contributed by atoms with Crippen molar-refractivity contribution in [2.24, 2.45) is 44.4 Å². The highest BCUT2D eigenvalue weighted by molar-refractivity contribution is 5.88. The van der Waals surface area contributed by atoms with Gasteiger partial charge < -0.3 is 91.8 Å². The lowest BCUT2D eigenvalue weighted by molar-refractivity contribution is -0.193. The lowest BCUT2D eigenvalue weighted by Crippen LogP contribution is -2.47. The maximum atomic E-state index is 13.0. The monoisotopic (exact) mass is 1530 g/mol. The number of unbranched alkanes of at least 4 members (excludes halogenated alkanes) is 21. The first-order valence-corrected chi connectivity index (χ1v) is 34.1. The molecule has 6 amide bonds. The summed E-state index contributed by atoms with van der Waals surface area (Å²) in [6.45, 7) is 3.68. The third kappa shape index (κ3) is 76.4. The van der Waals surface area contributed by atoms with Gasteiger partial charge in [-0.15, -0.1) is 0 Å². The number of hydrogen-bond acceptors (Lipinski definition) is 15. The number of amides is 6. The molecule has 0 aliphatic rings. The van der Waals surface area contributed by atoms with Gasteiger partial charge in [0.1, 0.15) is 12.1 Å². The van der Waals surface area contributed by atoms with E-state index in [1.54, 1.807) is 0 Å². The van der Waals surface area contributed by atoms with Crippen LogP contribution in [0.1, 0.15) is 225 Å². The quantitative estimate of drug-likeness (QED) is 0.0133. The molecule has 0 bridgehead atoms. The number of aliphatic imine (C=N–C) groups is 2. The van der Waals surface area contributed by atoms with Crippen LogP contribution in [-0.2, 0) is 52.7 Å². The summed E-state index contributed by atoms with van der Waals surface area (Å²) in [6, 6.07) is -2.11. The number of carbonyl (C=O) groups is 11. The number of halogens is 12. The van der Waals surface area contributed by atoms with E-state index < -0.39 is 72.7 Å². The average molecular weight is 1540 g/mol. The van der Waals surface area contributed by atoms with Crippen LogP contribution in [0.4, 0.5) is 52.7 Å². The van der Waals surface area contributed by atoms with Crippen molar-refractivity contribution >= 4 is 77.2 Å². The van der Waals surface area contributed by atoms with Crippen LogP contribution in [-0.4, -0.2) is 191 Å². The van der Waals surface area contributed by atoms with E-state index in [1.807, 2.05) is 0 Å². The third-order valence-electron chi connectivity index (χ3n) is 14.0. The highest BCUT2D eigenvalue weighted by Gasteiger charge is 2.40. The smallest absolute Gasteiger partial charge is 0.480 e. The molecule has 0 saturated carbocycles. The maximum Gasteiger partial charge on any atom is 0.490 e. The van der Waals surface area contributed by atoms with Gasteiger partial charge in [0, 0.05) is 65.0 Å². The van der Waals surface area contributed by atoms with Gasteiger partial charge >= 0.3 is 54.6 Å². The van der Waals surface area contributed by atoms with Crippen LogP contribution in [0, 0.1) is 0 Å². The first-order valence-electron chi connectivity index (χ1n) is 34.1. The first kappa shape index (κ1) is 104. The van der Waals surface area contributed by atoms with Crippen molar-refractivity contribution in [1.82, 2.24) is 31.9 Å². The largest absolute Gasteiger partial charge is 0.490 e. The minimum Gasteiger partial charge on any atom is -0.480 e. The van der Waals surface area contributed by atoms with Crippen LogP contribution in [0.15, 0.2) is 9.98 Å². The number of nitrogens with two attached hydrogens (primary N) is 6. The summed E-state index contributed by atoms with van der Waals surface area (Å²) in [5.41, 5.74) is 32.7. The molecule has 0 aromatic heterocycles. The lowest BCUT2D eigenvalue weighted by atomic mass is 10.1. The number of alkyl halides is 12. The molecule has 23 N–H and O–H groups in total. The Morgan fingerprint density at radius 3 is 0.865 bits per heavy atom. The fourth-order valence-electron chi connectivity index (χ4n) is 8.49. The second-order valence-corrected chi connectivity index (χ2v) is 23.3. The molecule has 0 rings (SSSR count). The Labute approximate surface area is 596 Å². The fraction of sp³-hybridized carbons (Fsp3) is 0.790. The van der Waals surface area contributed by atoms with Crippen molar-refractivity contribution < 1.29 is 131 Å². The average Bonchev–Trinajstić information content (AvgIpc) is 0.939. The predicted octanol–water partition coefficient (Wildman–Crippen LogP) is 6.52. The molecule has 0 aromatic carbocycles. The molecule has 0 aliphatic carbocycles. The number of carboxylic acids is 5. The first-order chi connectivity index (χ1) is 48.4. The molecule has 0 heterocycles. The second-order valence-electron chi connectivity index (χ2n) is 23.3. The van der Waals surface area contributed by atoms with Crippen LogP contribution < -0.4 is 66.3 Å². The van der Waals surface area contributed by atoms with Gasteiger partial charge in [-0.2, -0.15) is 52.7 Å². The standard InChI is InChI=1S/C54H106N14O8.4C2HF3O2/c55-36-22-21-30-44(67-48(71)34-17-11-7-3-1-5-9-13-23-37-61-46(69)32-19-15-25-39-63-50(73)43(56)29-27-41-65-53(57)58)51(74)64-40-26-16-20-33-47(70)62-38-24-14-10-6-2-4-8-12-18-35-49(72)68-45(52(75)76)31-28-42-66-54(59)60;4*3-2(4,5)1(6)7/h43-45H,1-42,55-56H2,(H,61,69)(H,62,70)(H,63,73)(H,64,74)(H,67,71)(H,68,72)(H,75,76)(H4,57,58,65)(H4,59,60,66);4*(H,6,7)/t43-,44-,45-;;;;/m0..../s1. The Bertz CT molecular complexity index is 2370. The van der Waals surface area contributed by atoms with Crippen molar-refractivity contribution in [2.75, 3.05) is 45.8 Å². The van der Waals surface area contributed by atoms with Crippen molar-refractivity contribution in [3.05, 3.63) is 0 Å². The summed E-state index contributed by atoms with van der Waals surface area (Å²) in [7, 11) is 0. The van der Waals surface area contributed by atoms with Crippen molar-refractivity contribution in [3.8, 4) is 0 Å². The maximum absolute atomic E-state index is 13.0. The van der Waals surface area contributed by atoms with Gasteiger partial charge in [0.25, 0.3) is 0 Å². The number of rotatable bonds is 53. The van der Waals surface area contributed by atoms with Crippen molar-refractivity contribution in [1.29, 1.82) is 0 Å². The van der Waals surface area contributed by atoms with Gasteiger partial charge in [-0.25, -0.2) is 24.0 Å². The van der Waals surface area contributed by atoms with Gasteiger partial charge in [0.2, 0.25) is 35.4 Å². The Kier molecular flexibility index (Phi) is 64.7. The number of guanidine groups is 2. The van der Waals surface area contributed by atoms with Gasteiger partial charge in [0.05, 0.1) is 6.04 Å². The summed E-state index contributed by atoms with van der Waals surface area (Å²) in [4.78, 5) is 129. The van der Waals surface area contributed by atoms with Crippen molar-refractivity contribution in [2.45, 2.75) is 268 Å². The molecule has 0 unspecified atom stereocenters. The molecule has 42 heteroatoms. The highest BCUT2D eigenvalue weighted by atomic mass is 19.4. The van der Waals surface area contributed by atoms with Gasteiger partial charge in [-0.3, -0.25) is 38.8 Å². The molecule has 104 heavy (non-hydrogen) atoms. The summed E-state index contributed by atoms with van der Waals surface area (Å²) in [5.74, 6) is -12.7. The summed E-state index contributed by atoms with van der Waals surface area (Å²) in [5, 5.41) is 55.3. The summed E-state index contributed by atoms with van der Waals surface area (Å²) in [6.07, 6.45) is 8.50. The minimum absolute atomic E-state index is 0.0268. The van der Waals surface area contributed by atoms with E-state index in [9.17, 15) is 91.4 Å². The topological polar surface area (TPSA) is 542 Å². The zero-order valence-corrected chi connectivity index (χ0v) is 58.6. The van der Waals surface area contributed by atoms with Crippen molar-refractivity contribution in [3.63, 3.8) is 0 Å². The number of hydrogen-bond donors (Lipinski definition) is 17. The van der Waals surface area contributed by atoms with Crippen LogP contribution in [0.5, 0.6) is 0 Å². The molecule has 608 valence electrons. The zero-order valence-electron chi connectivity index (χ0n) is 58.6. The molecule has 0 saturated heterocycles. The van der Waals surface area contributed by atoms with Crippen LogP contribution in [0.2, 0.25) is 0 Å². The lowest BCUT2D eigenvalue weighted by Gasteiger charge is -2.18. The number of nitrogens with zero attached hydrogens (tertiary/aromatic N) is 2. The Hall–Kier alpha value is -8.21. The van der Waals surface area contributed by atoms with Crippen LogP contribution in [0.25, 0.3) is 0 Å². The van der Waals surface area contributed by atoms with Gasteiger partial charge in [-0.1, -0.05) is 103 Å². The van der Waals surface area contributed by atoms with E-state index >= 15 is 0 Å². The number of nitrogens with one attached hydrogen (secondary N) is 6. The van der Waals surface area contributed by atoms with Crippen LogP contribution >= 0.6 is 0 Å². The van der Waals surface area contributed by atoms with Crippen LogP contribution in [0.3, 0.4) is 0 Å². The highest BCUT2D eigenvalue weighted by Crippen LogP contribution is 2.17. The summed E-state index contributed by atoms with van der Waals surface area (Å²) >= 11 is 0. The van der Waals surface area contributed by atoms with E-state index in [0.717, 1.165) is 167 Å². The van der Waals surface area contributed by atoms with E-state index in [1.165, 1.54) is 0 Å². The molecule has 0 aliphatic heterocycles. The van der Waals surface area contributed by atoms with Gasteiger partial charge in [0.15, 0.2) is 11.9 Å². The Morgan fingerprint density at radius 2 is 0.567 bits per heavy atom. The molecule has 0 spiro atoms. The summed E-state index contributed by atoms with van der Waals surface area (Å²) < 4.78 is 127. The minimum atomic E-state index is -5.08. The van der Waals surface area contributed by atoms with E-state index in [-0.39, 0.29) is 53.8 Å². The zero-order chi connectivity index (χ0) is 80.6. The fourth-order valence-corrected chi connectivity index (χ4v) is 8.49. The van der Waals surface area contributed by atoms with Gasteiger partial charge in [-0.05, 0) is 103 Å². The Morgan fingerprint density at radius 1 is 0.317 bits per heavy atom. The number of aliphatic carboxylic acids is 5. The number of carbonyl (C=O) groups excluding carboxylic acids is 6. The molecule has 0 fully saturated rings. The Balaban J connectivity index is -0.000000966. The van der Waals surface area contributed by atoms with E-state index in [0.29, 0.717) is 97.2 Å². The number of carboxylic acid groups (broad SMARTS) is 5. The molecule has 30 nitrogen and oxygen atoms in total.